The molecule has 0 aromatic heterocycles. The van der Waals surface area contributed by atoms with Crippen molar-refractivity contribution in [1.29, 1.82) is 0 Å². The molecule has 1 N–H and O–H groups in total. The number of carbonyl (C=O) groups is 1. The number of carbonyl (C=O) groups excluding carboxylic acids is 1. The van der Waals surface area contributed by atoms with E-state index in [0.29, 0.717) is 6.42 Å². The van der Waals surface area contributed by atoms with Gasteiger partial charge in [0, 0.05) is 25.2 Å². The van der Waals surface area contributed by atoms with Crippen molar-refractivity contribution in [3.8, 4) is 0 Å². The Bertz CT molecular complexity index is 481. The zero-order valence-corrected chi connectivity index (χ0v) is 11.1. The number of benzene rings is 1. The normalized spacial score (nSPS) is 19.4. The molecule has 0 aliphatic carbocycles. The van der Waals surface area contributed by atoms with Crippen LogP contribution in [0.15, 0.2) is 12.1 Å². The second-order valence-corrected chi connectivity index (χ2v) is 5.40. The van der Waals surface area contributed by atoms with Gasteiger partial charge >= 0.3 is 0 Å². The van der Waals surface area contributed by atoms with Gasteiger partial charge in [-0.05, 0) is 43.4 Å². The molecule has 1 aromatic rings. The fourth-order valence-electron chi connectivity index (χ4n) is 2.80. The quantitative estimate of drug-likeness (QED) is 0.845. The molecular formula is C14H17ClN2O. The van der Waals surface area contributed by atoms with Gasteiger partial charge in [-0.15, -0.1) is 0 Å². The number of fused-ring (bicyclic) bond motifs is 1. The van der Waals surface area contributed by atoms with Crippen molar-refractivity contribution in [2.45, 2.75) is 32.1 Å². The minimum atomic E-state index is 0.0873. The highest BCUT2D eigenvalue weighted by molar-refractivity contribution is 6.34. The molecule has 1 amide bonds. The lowest BCUT2D eigenvalue weighted by molar-refractivity contribution is -0.116. The number of anilines is 2. The van der Waals surface area contributed by atoms with E-state index < -0.39 is 0 Å². The molecule has 1 aromatic carbocycles. The monoisotopic (exact) mass is 264 g/mol. The topological polar surface area (TPSA) is 32.3 Å². The van der Waals surface area contributed by atoms with Crippen LogP contribution in [0.5, 0.6) is 0 Å². The summed E-state index contributed by atoms with van der Waals surface area (Å²) >= 11 is 6.51. The molecule has 1 fully saturated rings. The summed E-state index contributed by atoms with van der Waals surface area (Å²) in [4.78, 5) is 13.7. The Labute approximate surface area is 112 Å². The minimum absolute atomic E-state index is 0.0873. The van der Waals surface area contributed by atoms with Gasteiger partial charge in [-0.1, -0.05) is 11.6 Å². The van der Waals surface area contributed by atoms with Crippen LogP contribution in [0.1, 0.15) is 31.2 Å². The Kier molecular flexibility index (Phi) is 3.16. The molecule has 3 nitrogen and oxygen atoms in total. The van der Waals surface area contributed by atoms with Gasteiger partial charge in [-0.25, -0.2) is 0 Å². The van der Waals surface area contributed by atoms with Gasteiger partial charge in [0.25, 0.3) is 0 Å². The summed E-state index contributed by atoms with van der Waals surface area (Å²) in [6, 6.07) is 4.03. The van der Waals surface area contributed by atoms with E-state index in [1.54, 1.807) is 0 Å². The molecule has 0 spiro atoms. The first-order chi connectivity index (χ1) is 8.75. The van der Waals surface area contributed by atoms with Crippen LogP contribution in [0, 0.1) is 0 Å². The molecule has 0 bridgehead atoms. The molecule has 0 radical (unpaired) electrons. The molecule has 2 heterocycles. The SMILES string of the molecule is O=C1CCc2c(ccc(N3CCCCC3)c2Cl)N1. The van der Waals surface area contributed by atoms with Crippen LogP contribution >= 0.6 is 11.6 Å². The highest BCUT2D eigenvalue weighted by Gasteiger charge is 2.22. The number of nitrogens with one attached hydrogen (secondary N) is 1. The first kappa shape index (κ1) is 11.8. The maximum absolute atomic E-state index is 11.4. The maximum atomic E-state index is 11.4. The third-order valence-corrected chi connectivity index (χ3v) is 4.22. The smallest absolute Gasteiger partial charge is 0.224 e. The third kappa shape index (κ3) is 2.07. The molecule has 18 heavy (non-hydrogen) atoms. The van der Waals surface area contributed by atoms with E-state index >= 15 is 0 Å². The van der Waals surface area contributed by atoms with E-state index in [-0.39, 0.29) is 5.91 Å². The Morgan fingerprint density at radius 2 is 1.89 bits per heavy atom. The van der Waals surface area contributed by atoms with Crippen molar-refractivity contribution >= 4 is 28.9 Å². The van der Waals surface area contributed by atoms with Gasteiger partial charge in [-0.2, -0.15) is 0 Å². The van der Waals surface area contributed by atoms with Crippen molar-refractivity contribution < 1.29 is 4.79 Å². The average Bonchev–Trinajstić information content (AvgIpc) is 2.40. The van der Waals surface area contributed by atoms with Crippen molar-refractivity contribution in [2.75, 3.05) is 23.3 Å². The first-order valence-corrected chi connectivity index (χ1v) is 6.99. The molecule has 96 valence electrons. The fraction of sp³-hybridized carbons (Fsp3) is 0.500. The lowest BCUT2D eigenvalue weighted by atomic mass is 10.0. The number of rotatable bonds is 1. The van der Waals surface area contributed by atoms with Crippen molar-refractivity contribution in [1.82, 2.24) is 0 Å². The molecular weight excluding hydrogens is 248 g/mol. The van der Waals surface area contributed by atoms with E-state index in [4.69, 9.17) is 11.6 Å². The lowest BCUT2D eigenvalue weighted by Gasteiger charge is -2.31. The van der Waals surface area contributed by atoms with Crippen LogP contribution in [0.25, 0.3) is 0 Å². The van der Waals surface area contributed by atoms with Gasteiger partial charge in [0.1, 0.15) is 0 Å². The number of halogens is 1. The van der Waals surface area contributed by atoms with Gasteiger partial charge < -0.3 is 10.2 Å². The van der Waals surface area contributed by atoms with E-state index in [2.05, 4.69) is 10.2 Å². The highest BCUT2D eigenvalue weighted by Crippen LogP contribution is 2.37. The highest BCUT2D eigenvalue weighted by atomic mass is 35.5. The number of hydrogen-bond acceptors (Lipinski definition) is 2. The van der Waals surface area contributed by atoms with Crippen LogP contribution in [0.4, 0.5) is 11.4 Å². The molecule has 0 saturated carbocycles. The zero-order chi connectivity index (χ0) is 12.5. The zero-order valence-electron chi connectivity index (χ0n) is 10.3. The summed E-state index contributed by atoms with van der Waals surface area (Å²) in [7, 11) is 0. The van der Waals surface area contributed by atoms with Gasteiger partial charge in [0.05, 0.1) is 10.7 Å². The average molecular weight is 265 g/mol. The molecule has 0 atom stereocenters. The second kappa shape index (κ2) is 4.81. The first-order valence-electron chi connectivity index (χ1n) is 6.62. The Morgan fingerprint density at radius 1 is 1.11 bits per heavy atom. The Hall–Kier alpha value is -1.22. The predicted molar refractivity (Wildman–Crippen MR) is 74.5 cm³/mol. The Morgan fingerprint density at radius 3 is 2.67 bits per heavy atom. The second-order valence-electron chi connectivity index (χ2n) is 5.02. The maximum Gasteiger partial charge on any atom is 0.224 e. The molecule has 1 saturated heterocycles. The van der Waals surface area contributed by atoms with E-state index in [1.807, 2.05) is 12.1 Å². The van der Waals surface area contributed by atoms with Crippen LogP contribution in [0.2, 0.25) is 5.02 Å². The van der Waals surface area contributed by atoms with Crippen LogP contribution in [-0.4, -0.2) is 19.0 Å². The summed E-state index contributed by atoms with van der Waals surface area (Å²) in [5, 5.41) is 3.72. The van der Waals surface area contributed by atoms with Crippen molar-refractivity contribution in [3.63, 3.8) is 0 Å². The number of hydrogen-bond donors (Lipinski definition) is 1. The van der Waals surface area contributed by atoms with E-state index in [1.165, 1.54) is 19.3 Å². The minimum Gasteiger partial charge on any atom is -0.370 e. The van der Waals surface area contributed by atoms with Crippen LogP contribution < -0.4 is 10.2 Å². The van der Waals surface area contributed by atoms with Crippen molar-refractivity contribution in [3.05, 3.63) is 22.7 Å². The molecule has 4 heteroatoms. The third-order valence-electron chi connectivity index (χ3n) is 3.80. The fourth-order valence-corrected chi connectivity index (χ4v) is 3.18. The standard InChI is InChI=1S/C14H17ClN2O/c15-14-10-4-7-13(18)16-11(10)5-6-12(14)17-8-2-1-3-9-17/h5-6H,1-4,7-9H2,(H,16,18). The number of piperidine rings is 1. The van der Waals surface area contributed by atoms with E-state index in [0.717, 1.165) is 41.5 Å². The van der Waals surface area contributed by atoms with Gasteiger partial charge in [0.15, 0.2) is 0 Å². The van der Waals surface area contributed by atoms with Crippen molar-refractivity contribution in [2.24, 2.45) is 0 Å². The van der Waals surface area contributed by atoms with Crippen LogP contribution in [0.3, 0.4) is 0 Å². The summed E-state index contributed by atoms with van der Waals surface area (Å²) in [5.41, 5.74) is 3.11. The predicted octanol–water partition coefficient (Wildman–Crippen LogP) is 3.22. The molecule has 3 rings (SSSR count). The summed E-state index contributed by atoms with van der Waals surface area (Å²) in [6.45, 7) is 2.18. The molecule has 2 aliphatic rings. The van der Waals surface area contributed by atoms with E-state index in [9.17, 15) is 4.79 Å². The van der Waals surface area contributed by atoms with Crippen LogP contribution in [-0.2, 0) is 11.2 Å². The Balaban J connectivity index is 1.94. The van der Waals surface area contributed by atoms with Gasteiger partial charge in [0.2, 0.25) is 5.91 Å². The molecule has 0 unspecified atom stereocenters. The summed E-state index contributed by atoms with van der Waals surface area (Å²) < 4.78 is 0. The lowest BCUT2D eigenvalue weighted by Crippen LogP contribution is -2.30. The molecule has 2 aliphatic heterocycles. The number of amides is 1. The van der Waals surface area contributed by atoms with Gasteiger partial charge in [-0.3, -0.25) is 4.79 Å². The summed E-state index contributed by atoms with van der Waals surface area (Å²) in [5.74, 6) is 0.0873. The largest absolute Gasteiger partial charge is 0.370 e. The summed E-state index contributed by atoms with van der Waals surface area (Å²) in [6.07, 6.45) is 5.08. The number of nitrogens with zero attached hydrogens (tertiary/aromatic N) is 1.